The first kappa shape index (κ1) is 15.7. The summed E-state index contributed by atoms with van der Waals surface area (Å²) in [7, 11) is 0. The van der Waals surface area contributed by atoms with Crippen molar-refractivity contribution in [3.63, 3.8) is 0 Å². The molecule has 0 radical (unpaired) electrons. The van der Waals surface area contributed by atoms with Gasteiger partial charge in [-0.3, -0.25) is 0 Å². The van der Waals surface area contributed by atoms with Crippen molar-refractivity contribution >= 4 is 23.5 Å². The molecule has 1 saturated heterocycles. The smallest absolute Gasteiger partial charge is 0.0292 e. The normalized spacial score (nSPS) is 24.9. The minimum atomic E-state index is 0.728. The van der Waals surface area contributed by atoms with Crippen molar-refractivity contribution < 1.29 is 0 Å². The Hall–Kier alpha value is 0.660. The third-order valence-electron chi connectivity index (χ3n) is 3.29. The van der Waals surface area contributed by atoms with Crippen molar-refractivity contribution in [1.82, 2.24) is 5.32 Å². The molecule has 1 rings (SSSR count). The molecule has 1 heterocycles. The molecule has 3 unspecified atom stereocenters. The number of rotatable bonds is 7. The van der Waals surface area contributed by atoms with E-state index in [-0.39, 0.29) is 0 Å². The lowest BCUT2D eigenvalue weighted by Gasteiger charge is -2.32. The van der Waals surface area contributed by atoms with Gasteiger partial charge in [-0.25, -0.2) is 0 Å². The van der Waals surface area contributed by atoms with Crippen LogP contribution in [-0.2, 0) is 0 Å². The Kier molecular flexibility index (Phi) is 8.05. The van der Waals surface area contributed by atoms with Gasteiger partial charge in [0.25, 0.3) is 0 Å². The van der Waals surface area contributed by atoms with Crippen molar-refractivity contribution in [1.29, 1.82) is 0 Å². The average molecular weight is 276 g/mol. The summed E-state index contributed by atoms with van der Waals surface area (Å²) < 4.78 is 0. The van der Waals surface area contributed by atoms with Gasteiger partial charge in [0.2, 0.25) is 0 Å². The summed E-state index contributed by atoms with van der Waals surface area (Å²) in [6.07, 6.45) is 2.72. The average Bonchev–Trinajstić information content (AvgIpc) is 2.28. The fourth-order valence-electron chi connectivity index (χ4n) is 2.70. The van der Waals surface area contributed by atoms with Crippen LogP contribution in [0.15, 0.2) is 0 Å². The van der Waals surface area contributed by atoms with Crippen LogP contribution in [-0.4, -0.2) is 35.1 Å². The van der Waals surface area contributed by atoms with E-state index < -0.39 is 0 Å². The van der Waals surface area contributed by atoms with Crippen molar-refractivity contribution in [2.75, 3.05) is 23.8 Å². The topological polar surface area (TPSA) is 12.0 Å². The molecule has 0 spiro atoms. The zero-order chi connectivity index (χ0) is 12.7. The van der Waals surface area contributed by atoms with Crippen molar-refractivity contribution in [2.24, 2.45) is 11.8 Å². The number of thioether (sulfide) groups is 2. The van der Waals surface area contributed by atoms with E-state index in [4.69, 9.17) is 0 Å². The number of nitrogens with one attached hydrogen (secondary N) is 1. The molecular weight excluding hydrogens is 246 g/mol. The van der Waals surface area contributed by atoms with Gasteiger partial charge in [0.1, 0.15) is 0 Å². The van der Waals surface area contributed by atoms with Crippen molar-refractivity contribution in [3.8, 4) is 0 Å². The van der Waals surface area contributed by atoms with Crippen LogP contribution in [0, 0.1) is 11.8 Å². The first-order valence-corrected chi connectivity index (χ1v) is 9.26. The third-order valence-corrected chi connectivity index (χ3v) is 6.21. The van der Waals surface area contributed by atoms with Crippen molar-refractivity contribution in [2.45, 2.75) is 51.8 Å². The van der Waals surface area contributed by atoms with E-state index in [1.807, 2.05) is 0 Å². The molecule has 3 heteroatoms. The molecule has 0 aromatic carbocycles. The monoisotopic (exact) mass is 275 g/mol. The molecule has 0 aromatic heterocycles. The van der Waals surface area contributed by atoms with Gasteiger partial charge in [-0.1, -0.05) is 27.7 Å². The van der Waals surface area contributed by atoms with E-state index in [0.29, 0.717) is 0 Å². The van der Waals surface area contributed by atoms with E-state index in [0.717, 1.165) is 29.7 Å². The summed E-state index contributed by atoms with van der Waals surface area (Å²) in [5.74, 6) is 5.72. The summed E-state index contributed by atoms with van der Waals surface area (Å²) in [6, 6.07) is 0.728. The Morgan fingerprint density at radius 2 is 1.94 bits per heavy atom. The molecule has 0 amide bonds. The second kappa shape index (κ2) is 8.71. The van der Waals surface area contributed by atoms with Crippen LogP contribution < -0.4 is 5.32 Å². The summed E-state index contributed by atoms with van der Waals surface area (Å²) in [5.41, 5.74) is 0. The van der Waals surface area contributed by atoms with Crippen LogP contribution in [0.4, 0.5) is 0 Å². The molecule has 0 bridgehead atoms. The van der Waals surface area contributed by atoms with Crippen LogP contribution in [0.2, 0.25) is 0 Å². The quantitative estimate of drug-likeness (QED) is 0.757. The minimum Gasteiger partial charge on any atom is -0.313 e. The first-order valence-electron chi connectivity index (χ1n) is 7.06. The Morgan fingerprint density at radius 3 is 2.47 bits per heavy atom. The summed E-state index contributed by atoms with van der Waals surface area (Å²) in [4.78, 5) is 0. The van der Waals surface area contributed by atoms with Gasteiger partial charge >= 0.3 is 0 Å². The highest BCUT2D eigenvalue weighted by Crippen LogP contribution is 2.30. The molecule has 0 aromatic rings. The molecule has 1 N–H and O–H groups in total. The fraction of sp³-hybridized carbons (Fsp3) is 1.00. The third kappa shape index (κ3) is 6.40. The van der Waals surface area contributed by atoms with Gasteiger partial charge in [0.05, 0.1) is 0 Å². The number of hydrogen-bond acceptors (Lipinski definition) is 3. The van der Waals surface area contributed by atoms with Gasteiger partial charge in [-0.2, -0.15) is 23.5 Å². The molecule has 0 saturated carbocycles. The van der Waals surface area contributed by atoms with Crippen LogP contribution >= 0.6 is 23.5 Å². The standard InChI is InChI=1S/C14H29NS2/c1-5-15-13(9-12(4)8-11(2)3)14-10-16-6-7-17-14/h11-15H,5-10H2,1-4H3. The highest BCUT2D eigenvalue weighted by atomic mass is 32.2. The fourth-order valence-corrected chi connectivity index (χ4v) is 5.61. The highest BCUT2D eigenvalue weighted by molar-refractivity contribution is 8.06. The molecule has 3 atom stereocenters. The molecule has 0 aliphatic carbocycles. The van der Waals surface area contributed by atoms with Gasteiger partial charge in [0, 0.05) is 28.6 Å². The predicted octanol–water partition coefficient (Wildman–Crippen LogP) is 3.89. The van der Waals surface area contributed by atoms with Gasteiger partial charge in [-0.15, -0.1) is 0 Å². The van der Waals surface area contributed by atoms with Crippen LogP contribution in [0.25, 0.3) is 0 Å². The largest absolute Gasteiger partial charge is 0.313 e. The van der Waals surface area contributed by atoms with E-state index in [9.17, 15) is 0 Å². The zero-order valence-corrected chi connectivity index (χ0v) is 13.5. The lowest BCUT2D eigenvalue weighted by molar-refractivity contribution is 0.354. The number of hydrogen-bond donors (Lipinski definition) is 1. The Bertz CT molecular complexity index is 191. The molecule has 17 heavy (non-hydrogen) atoms. The molecule has 1 aliphatic rings. The second-order valence-corrected chi connectivity index (χ2v) is 8.12. The Morgan fingerprint density at radius 1 is 1.18 bits per heavy atom. The maximum absolute atomic E-state index is 3.72. The summed E-state index contributed by atoms with van der Waals surface area (Å²) >= 11 is 4.33. The SMILES string of the molecule is CCNC(CC(C)CC(C)C)C1CSCCS1. The van der Waals surface area contributed by atoms with Gasteiger partial charge < -0.3 is 5.32 Å². The first-order chi connectivity index (χ1) is 8.13. The van der Waals surface area contributed by atoms with E-state index in [2.05, 4.69) is 56.5 Å². The summed E-state index contributed by atoms with van der Waals surface area (Å²) in [6.45, 7) is 10.4. The van der Waals surface area contributed by atoms with E-state index in [1.165, 1.54) is 30.1 Å². The zero-order valence-electron chi connectivity index (χ0n) is 11.9. The van der Waals surface area contributed by atoms with Crippen LogP contribution in [0.3, 0.4) is 0 Å². The molecule has 102 valence electrons. The highest BCUT2D eigenvalue weighted by Gasteiger charge is 2.25. The van der Waals surface area contributed by atoms with Gasteiger partial charge in [-0.05, 0) is 31.2 Å². The predicted molar refractivity (Wildman–Crippen MR) is 84.3 cm³/mol. The summed E-state index contributed by atoms with van der Waals surface area (Å²) in [5, 5.41) is 4.56. The Labute approximate surface area is 116 Å². The lowest BCUT2D eigenvalue weighted by atomic mass is 9.91. The lowest BCUT2D eigenvalue weighted by Crippen LogP contribution is -2.42. The molecular formula is C14H29NS2. The van der Waals surface area contributed by atoms with Gasteiger partial charge in [0.15, 0.2) is 0 Å². The van der Waals surface area contributed by atoms with Crippen LogP contribution in [0.5, 0.6) is 0 Å². The van der Waals surface area contributed by atoms with Crippen molar-refractivity contribution in [3.05, 3.63) is 0 Å². The van der Waals surface area contributed by atoms with E-state index >= 15 is 0 Å². The maximum atomic E-state index is 3.72. The second-order valence-electron chi connectivity index (χ2n) is 5.62. The molecule has 1 aliphatic heterocycles. The molecule has 1 fully saturated rings. The molecule has 1 nitrogen and oxygen atoms in total. The van der Waals surface area contributed by atoms with E-state index in [1.54, 1.807) is 0 Å². The van der Waals surface area contributed by atoms with Crippen LogP contribution in [0.1, 0.15) is 40.5 Å². The Balaban J connectivity index is 2.40. The maximum Gasteiger partial charge on any atom is 0.0292 e. The minimum absolute atomic E-state index is 0.728.